The molecule has 2 aliphatic rings. The largest absolute Gasteiger partial charge is 0.472 e. The molecule has 0 radical (unpaired) electrons. The van der Waals surface area contributed by atoms with E-state index in [1.165, 1.54) is 24.8 Å². The van der Waals surface area contributed by atoms with Crippen LogP contribution in [0.1, 0.15) is 43.2 Å². The SMILES string of the molecule is OC1(c2ccoc2)CC2CCCC(C1)N2Cc1ccccc1. The van der Waals surface area contributed by atoms with Crippen molar-refractivity contribution >= 4 is 0 Å². The average Bonchev–Trinajstić information content (AvgIpc) is 3.05. The maximum absolute atomic E-state index is 11.1. The first kappa shape index (κ1) is 14.0. The van der Waals surface area contributed by atoms with Gasteiger partial charge < -0.3 is 9.52 Å². The van der Waals surface area contributed by atoms with Crippen LogP contribution < -0.4 is 0 Å². The van der Waals surface area contributed by atoms with Crippen molar-refractivity contribution in [2.24, 2.45) is 0 Å². The van der Waals surface area contributed by atoms with E-state index in [2.05, 4.69) is 35.2 Å². The minimum atomic E-state index is -0.712. The summed E-state index contributed by atoms with van der Waals surface area (Å²) in [5, 5.41) is 11.1. The molecule has 2 aliphatic heterocycles. The second-order valence-electron chi connectivity index (χ2n) is 6.85. The van der Waals surface area contributed by atoms with Crippen LogP contribution in [0.15, 0.2) is 53.3 Å². The van der Waals surface area contributed by atoms with Crippen molar-refractivity contribution in [3.63, 3.8) is 0 Å². The number of benzene rings is 1. The van der Waals surface area contributed by atoms with Crippen LogP contribution in [-0.2, 0) is 12.1 Å². The molecule has 1 aromatic carbocycles. The minimum Gasteiger partial charge on any atom is -0.472 e. The Morgan fingerprint density at radius 1 is 1.09 bits per heavy atom. The fraction of sp³-hybridized carbons (Fsp3) is 0.474. The number of furan rings is 1. The first-order valence-corrected chi connectivity index (χ1v) is 8.29. The highest BCUT2D eigenvalue weighted by atomic mass is 16.3. The Labute approximate surface area is 131 Å². The first-order valence-electron chi connectivity index (χ1n) is 8.29. The molecule has 3 heteroatoms. The van der Waals surface area contributed by atoms with Crippen LogP contribution in [-0.4, -0.2) is 22.1 Å². The van der Waals surface area contributed by atoms with Crippen LogP contribution in [0.5, 0.6) is 0 Å². The summed E-state index contributed by atoms with van der Waals surface area (Å²) >= 11 is 0. The van der Waals surface area contributed by atoms with Crippen LogP contribution in [0.25, 0.3) is 0 Å². The third kappa shape index (κ3) is 2.49. The van der Waals surface area contributed by atoms with Crippen LogP contribution >= 0.6 is 0 Å². The van der Waals surface area contributed by atoms with Gasteiger partial charge in [-0.25, -0.2) is 0 Å². The van der Waals surface area contributed by atoms with E-state index >= 15 is 0 Å². The van der Waals surface area contributed by atoms with Gasteiger partial charge >= 0.3 is 0 Å². The fourth-order valence-corrected chi connectivity index (χ4v) is 4.34. The molecular formula is C19H23NO2. The second kappa shape index (κ2) is 5.56. The fourth-order valence-electron chi connectivity index (χ4n) is 4.34. The molecule has 1 N–H and O–H groups in total. The Balaban J connectivity index is 1.57. The number of rotatable bonds is 3. The Morgan fingerprint density at radius 3 is 2.45 bits per heavy atom. The first-order chi connectivity index (χ1) is 10.7. The lowest BCUT2D eigenvalue weighted by Gasteiger charge is -2.52. The standard InChI is InChI=1S/C19H23NO2/c21-19(16-9-10-22-14-16)11-17-7-4-8-18(12-19)20(17)13-15-5-2-1-3-6-15/h1-3,5-6,9-10,14,17-18,21H,4,7-8,11-13H2. The van der Waals surface area contributed by atoms with Crippen molar-refractivity contribution < 1.29 is 9.52 Å². The summed E-state index contributed by atoms with van der Waals surface area (Å²) in [6.07, 6.45) is 8.66. The smallest absolute Gasteiger partial charge is 0.0963 e. The van der Waals surface area contributed by atoms with E-state index in [1.807, 2.05) is 6.07 Å². The molecule has 2 bridgehead atoms. The molecule has 0 aliphatic carbocycles. The maximum atomic E-state index is 11.1. The molecule has 0 amide bonds. The zero-order valence-corrected chi connectivity index (χ0v) is 12.8. The molecule has 2 fully saturated rings. The lowest BCUT2D eigenvalue weighted by molar-refractivity contribution is -0.100. The topological polar surface area (TPSA) is 36.6 Å². The quantitative estimate of drug-likeness (QED) is 0.939. The van der Waals surface area contributed by atoms with Crippen molar-refractivity contribution in [2.75, 3.05) is 0 Å². The van der Waals surface area contributed by atoms with Crippen molar-refractivity contribution in [1.29, 1.82) is 0 Å². The molecule has 22 heavy (non-hydrogen) atoms. The van der Waals surface area contributed by atoms with Gasteiger partial charge in [-0.1, -0.05) is 36.8 Å². The summed E-state index contributed by atoms with van der Waals surface area (Å²) in [4.78, 5) is 2.62. The van der Waals surface area contributed by atoms with Gasteiger partial charge in [-0.15, -0.1) is 0 Å². The maximum Gasteiger partial charge on any atom is 0.0963 e. The van der Waals surface area contributed by atoms with Crippen LogP contribution in [0.4, 0.5) is 0 Å². The molecule has 116 valence electrons. The molecule has 2 unspecified atom stereocenters. The normalized spacial score (nSPS) is 32.0. The number of nitrogens with zero attached hydrogens (tertiary/aromatic N) is 1. The average molecular weight is 297 g/mol. The molecule has 3 heterocycles. The molecule has 0 spiro atoms. The molecule has 4 rings (SSSR count). The van der Waals surface area contributed by atoms with E-state index in [-0.39, 0.29) is 0 Å². The van der Waals surface area contributed by atoms with E-state index in [0.29, 0.717) is 12.1 Å². The van der Waals surface area contributed by atoms with Crippen molar-refractivity contribution in [3.8, 4) is 0 Å². The highest BCUT2D eigenvalue weighted by Gasteiger charge is 2.46. The highest BCUT2D eigenvalue weighted by Crippen LogP contribution is 2.44. The van der Waals surface area contributed by atoms with Gasteiger partial charge in [-0.05, 0) is 37.3 Å². The summed E-state index contributed by atoms with van der Waals surface area (Å²) in [6.45, 7) is 0.998. The molecule has 1 aromatic heterocycles. The van der Waals surface area contributed by atoms with Crippen LogP contribution in [0, 0.1) is 0 Å². The lowest BCUT2D eigenvalue weighted by Crippen LogP contribution is -2.56. The summed E-state index contributed by atoms with van der Waals surface area (Å²) in [5.41, 5.74) is 1.60. The Bertz CT molecular complexity index is 594. The number of hydrogen-bond acceptors (Lipinski definition) is 3. The third-order valence-electron chi connectivity index (χ3n) is 5.43. The summed E-state index contributed by atoms with van der Waals surface area (Å²) < 4.78 is 5.20. The van der Waals surface area contributed by atoms with Crippen LogP contribution in [0.2, 0.25) is 0 Å². The van der Waals surface area contributed by atoms with Gasteiger partial charge in [0.25, 0.3) is 0 Å². The zero-order valence-electron chi connectivity index (χ0n) is 12.8. The predicted molar refractivity (Wildman–Crippen MR) is 85.3 cm³/mol. The van der Waals surface area contributed by atoms with Crippen LogP contribution in [0.3, 0.4) is 0 Å². The number of hydrogen-bond donors (Lipinski definition) is 1. The van der Waals surface area contributed by atoms with Crippen molar-refractivity contribution in [3.05, 3.63) is 60.1 Å². The van der Waals surface area contributed by atoms with Gasteiger partial charge in [0.05, 0.1) is 18.1 Å². The van der Waals surface area contributed by atoms with Crippen molar-refractivity contribution in [2.45, 2.75) is 56.3 Å². The molecule has 3 nitrogen and oxygen atoms in total. The van der Waals surface area contributed by atoms with E-state index in [9.17, 15) is 5.11 Å². The zero-order chi connectivity index (χ0) is 15.0. The molecule has 2 aromatic rings. The minimum absolute atomic E-state index is 0.465. The second-order valence-corrected chi connectivity index (χ2v) is 6.85. The van der Waals surface area contributed by atoms with E-state index in [0.717, 1.165) is 24.9 Å². The van der Waals surface area contributed by atoms with E-state index < -0.39 is 5.60 Å². The Kier molecular flexibility index (Phi) is 3.55. The van der Waals surface area contributed by atoms with E-state index in [1.54, 1.807) is 12.5 Å². The molecule has 2 atom stereocenters. The third-order valence-corrected chi connectivity index (χ3v) is 5.43. The number of piperidine rings is 2. The summed E-state index contributed by atoms with van der Waals surface area (Å²) in [5.74, 6) is 0. The number of aliphatic hydroxyl groups is 1. The summed E-state index contributed by atoms with van der Waals surface area (Å²) in [7, 11) is 0. The van der Waals surface area contributed by atoms with Gasteiger partial charge in [0.15, 0.2) is 0 Å². The molecular weight excluding hydrogens is 274 g/mol. The Hall–Kier alpha value is -1.58. The monoisotopic (exact) mass is 297 g/mol. The predicted octanol–water partition coefficient (Wildman–Crippen LogP) is 3.68. The van der Waals surface area contributed by atoms with Crippen molar-refractivity contribution in [1.82, 2.24) is 4.90 Å². The van der Waals surface area contributed by atoms with Gasteiger partial charge in [-0.2, -0.15) is 0 Å². The van der Waals surface area contributed by atoms with Gasteiger partial charge in [0.1, 0.15) is 0 Å². The Morgan fingerprint density at radius 2 is 1.82 bits per heavy atom. The lowest BCUT2D eigenvalue weighted by atomic mass is 9.73. The molecule has 2 saturated heterocycles. The summed E-state index contributed by atoms with van der Waals surface area (Å²) in [6, 6.07) is 13.5. The number of fused-ring (bicyclic) bond motifs is 2. The van der Waals surface area contributed by atoms with Gasteiger partial charge in [0.2, 0.25) is 0 Å². The van der Waals surface area contributed by atoms with Gasteiger partial charge in [0, 0.05) is 24.2 Å². The van der Waals surface area contributed by atoms with Gasteiger partial charge in [-0.3, -0.25) is 4.90 Å². The van der Waals surface area contributed by atoms with E-state index in [4.69, 9.17) is 4.42 Å². The molecule has 0 saturated carbocycles. The highest BCUT2D eigenvalue weighted by molar-refractivity contribution is 5.21.